The molecule has 0 bridgehead atoms. The minimum Gasteiger partial charge on any atom is -0.326 e. The summed E-state index contributed by atoms with van der Waals surface area (Å²) < 4.78 is 27.7. The molecule has 2 aromatic carbocycles. The summed E-state index contributed by atoms with van der Waals surface area (Å²) in [6.45, 7) is 3.90. The normalized spacial score (nSPS) is 11.2. The van der Waals surface area contributed by atoms with Crippen molar-refractivity contribution in [3.63, 3.8) is 0 Å². The van der Waals surface area contributed by atoms with E-state index in [1.54, 1.807) is 24.3 Å². The van der Waals surface area contributed by atoms with Crippen molar-refractivity contribution in [2.75, 3.05) is 10.0 Å². The zero-order valence-corrected chi connectivity index (χ0v) is 16.7. The lowest BCUT2D eigenvalue weighted by Gasteiger charge is -2.11. The first kappa shape index (κ1) is 19.1. The van der Waals surface area contributed by atoms with Gasteiger partial charge in [-0.3, -0.25) is 9.52 Å². The molecule has 3 aromatic rings. The summed E-state index contributed by atoms with van der Waals surface area (Å²) in [7, 11) is -3.69. The number of nitrogens with one attached hydrogen (secondary N) is 2. The van der Waals surface area contributed by atoms with E-state index in [9.17, 15) is 13.2 Å². The largest absolute Gasteiger partial charge is 0.326 e. The zero-order chi connectivity index (χ0) is 19.4. The maximum absolute atomic E-state index is 12.5. The van der Waals surface area contributed by atoms with Crippen LogP contribution in [0, 0.1) is 13.8 Å². The molecule has 0 spiro atoms. The van der Waals surface area contributed by atoms with E-state index in [-0.39, 0.29) is 10.8 Å². The Bertz CT molecular complexity index is 1040. The summed E-state index contributed by atoms with van der Waals surface area (Å²) in [5, 5.41) is 4.70. The van der Waals surface area contributed by atoms with E-state index >= 15 is 0 Å². The smallest absolute Gasteiger partial charge is 0.261 e. The second kappa shape index (κ2) is 7.94. The Morgan fingerprint density at radius 1 is 0.963 bits per heavy atom. The van der Waals surface area contributed by atoms with Gasteiger partial charge in [0.05, 0.1) is 11.3 Å². The summed E-state index contributed by atoms with van der Waals surface area (Å²) in [5.41, 5.74) is 3.19. The van der Waals surface area contributed by atoms with Crippen LogP contribution in [0.2, 0.25) is 0 Å². The van der Waals surface area contributed by atoms with E-state index in [1.807, 2.05) is 37.4 Å². The molecular formula is C20H20N2O3S2. The van der Waals surface area contributed by atoms with Gasteiger partial charge in [0.25, 0.3) is 10.0 Å². The Balaban J connectivity index is 1.68. The monoisotopic (exact) mass is 400 g/mol. The summed E-state index contributed by atoms with van der Waals surface area (Å²) in [6.07, 6.45) is 0.298. The molecule has 1 aromatic heterocycles. The summed E-state index contributed by atoms with van der Waals surface area (Å²) in [6, 6.07) is 15.3. The number of rotatable bonds is 6. The number of carbonyl (C=O) groups is 1. The van der Waals surface area contributed by atoms with Crippen LogP contribution in [0.3, 0.4) is 0 Å². The molecule has 3 rings (SSSR count). The molecule has 0 unspecified atom stereocenters. The summed E-state index contributed by atoms with van der Waals surface area (Å²) in [5.74, 6) is -0.138. The van der Waals surface area contributed by atoms with Gasteiger partial charge in [-0.15, -0.1) is 11.3 Å². The van der Waals surface area contributed by atoms with Crippen molar-refractivity contribution >= 4 is 38.6 Å². The van der Waals surface area contributed by atoms with Gasteiger partial charge in [-0.05, 0) is 72.8 Å². The van der Waals surface area contributed by atoms with E-state index in [2.05, 4.69) is 10.0 Å². The van der Waals surface area contributed by atoms with Crippen LogP contribution < -0.4 is 10.0 Å². The van der Waals surface area contributed by atoms with Gasteiger partial charge in [0.15, 0.2) is 0 Å². The maximum Gasteiger partial charge on any atom is 0.261 e. The fraction of sp³-hybridized carbons (Fsp3) is 0.150. The summed E-state index contributed by atoms with van der Waals surface area (Å²) >= 11 is 1.52. The third kappa shape index (κ3) is 4.96. The highest BCUT2D eigenvalue weighted by Crippen LogP contribution is 2.20. The highest BCUT2D eigenvalue weighted by molar-refractivity contribution is 7.92. The Hall–Kier alpha value is -2.64. The van der Waals surface area contributed by atoms with Gasteiger partial charge in [-0.1, -0.05) is 12.1 Å². The van der Waals surface area contributed by atoms with E-state index in [1.165, 1.54) is 23.5 Å². The molecule has 0 saturated carbocycles. The van der Waals surface area contributed by atoms with E-state index in [0.717, 1.165) is 16.0 Å². The topological polar surface area (TPSA) is 75.3 Å². The van der Waals surface area contributed by atoms with E-state index in [0.29, 0.717) is 17.8 Å². The molecule has 0 radical (unpaired) electrons. The molecule has 0 aliphatic heterocycles. The molecule has 27 heavy (non-hydrogen) atoms. The van der Waals surface area contributed by atoms with Gasteiger partial charge in [0.2, 0.25) is 5.91 Å². The van der Waals surface area contributed by atoms with Gasteiger partial charge in [0, 0.05) is 16.3 Å². The molecular weight excluding hydrogens is 380 g/mol. The van der Waals surface area contributed by atoms with Crippen molar-refractivity contribution in [3.05, 3.63) is 76.0 Å². The van der Waals surface area contributed by atoms with Crippen LogP contribution in [-0.4, -0.2) is 14.3 Å². The first-order valence-corrected chi connectivity index (χ1v) is 10.7. The number of aryl methyl sites for hydroxylation is 2. The number of anilines is 2. The van der Waals surface area contributed by atoms with E-state index in [4.69, 9.17) is 0 Å². The van der Waals surface area contributed by atoms with Crippen LogP contribution in [-0.2, 0) is 21.2 Å². The zero-order valence-electron chi connectivity index (χ0n) is 15.0. The second-order valence-corrected chi connectivity index (χ2v) is 8.95. The lowest BCUT2D eigenvalue weighted by Crippen LogP contribution is -2.15. The van der Waals surface area contributed by atoms with Crippen molar-refractivity contribution < 1.29 is 13.2 Å². The van der Waals surface area contributed by atoms with E-state index < -0.39 is 10.0 Å². The number of hydrogen-bond acceptors (Lipinski definition) is 4. The Kier molecular flexibility index (Phi) is 5.62. The van der Waals surface area contributed by atoms with Gasteiger partial charge in [-0.2, -0.15) is 0 Å². The molecule has 7 heteroatoms. The van der Waals surface area contributed by atoms with Crippen LogP contribution in [0.5, 0.6) is 0 Å². The van der Waals surface area contributed by atoms with Gasteiger partial charge >= 0.3 is 0 Å². The second-order valence-electron chi connectivity index (χ2n) is 6.23. The van der Waals surface area contributed by atoms with Crippen LogP contribution >= 0.6 is 11.3 Å². The molecule has 0 saturated heterocycles. The third-order valence-electron chi connectivity index (χ3n) is 4.12. The minimum absolute atomic E-state index is 0.136. The predicted molar refractivity (Wildman–Crippen MR) is 110 cm³/mol. The Labute approximate surface area is 163 Å². The van der Waals surface area contributed by atoms with Crippen LogP contribution in [0.15, 0.2) is 64.9 Å². The van der Waals surface area contributed by atoms with Crippen molar-refractivity contribution in [1.29, 1.82) is 0 Å². The van der Waals surface area contributed by atoms with Crippen molar-refractivity contribution in [3.8, 4) is 0 Å². The number of thiophene rings is 1. The number of carbonyl (C=O) groups excluding carboxylic acids is 1. The minimum atomic E-state index is -3.69. The standard InChI is InChI=1S/C20H20N2O3S2/c1-14-5-6-17(12-15(14)2)22-27(24,25)19-9-7-16(8-10-19)21-20(23)13-18-4-3-11-26-18/h3-12,22H,13H2,1-2H3,(H,21,23). The maximum atomic E-state index is 12.5. The SMILES string of the molecule is Cc1ccc(NS(=O)(=O)c2ccc(NC(=O)Cc3cccs3)cc2)cc1C. The van der Waals surface area contributed by atoms with Crippen LogP contribution in [0.25, 0.3) is 0 Å². The average molecular weight is 401 g/mol. The molecule has 5 nitrogen and oxygen atoms in total. The highest BCUT2D eigenvalue weighted by atomic mass is 32.2. The molecule has 2 N–H and O–H groups in total. The van der Waals surface area contributed by atoms with Crippen LogP contribution in [0.1, 0.15) is 16.0 Å². The first-order chi connectivity index (χ1) is 12.8. The molecule has 140 valence electrons. The molecule has 1 amide bonds. The van der Waals surface area contributed by atoms with Gasteiger partial charge in [-0.25, -0.2) is 8.42 Å². The molecule has 1 heterocycles. The first-order valence-electron chi connectivity index (χ1n) is 8.36. The quantitative estimate of drug-likeness (QED) is 0.646. The average Bonchev–Trinajstić information content (AvgIpc) is 3.11. The number of hydrogen-bond donors (Lipinski definition) is 2. The molecule has 0 aliphatic carbocycles. The van der Waals surface area contributed by atoms with Crippen molar-refractivity contribution in [1.82, 2.24) is 0 Å². The Morgan fingerprint density at radius 2 is 1.67 bits per heavy atom. The predicted octanol–water partition coefficient (Wildman–Crippen LogP) is 4.35. The Morgan fingerprint density at radius 3 is 2.30 bits per heavy atom. The number of sulfonamides is 1. The fourth-order valence-corrected chi connectivity index (χ4v) is 4.27. The fourth-order valence-electron chi connectivity index (χ4n) is 2.51. The lowest BCUT2D eigenvalue weighted by atomic mass is 10.1. The van der Waals surface area contributed by atoms with Gasteiger partial charge < -0.3 is 5.32 Å². The molecule has 0 atom stereocenters. The lowest BCUT2D eigenvalue weighted by molar-refractivity contribution is -0.115. The number of benzene rings is 2. The molecule has 0 fully saturated rings. The molecule has 0 aliphatic rings. The number of amides is 1. The summed E-state index contributed by atoms with van der Waals surface area (Å²) in [4.78, 5) is 13.1. The third-order valence-corrected chi connectivity index (χ3v) is 6.40. The van der Waals surface area contributed by atoms with Crippen LogP contribution in [0.4, 0.5) is 11.4 Å². The van der Waals surface area contributed by atoms with Gasteiger partial charge in [0.1, 0.15) is 0 Å². The van der Waals surface area contributed by atoms with Crippen molar-refractivity contribution in [2.45, 2.75) is 25.2 Å². The highest BCUT2D eigenvalue weighted by Gasteiger charge is 2.15. The van der Waals surface area contributed by atoms with Crippen molar-refractivity contribution in [2.24, 2.45) is 0 Å².